The number of methoxy groups -OCH3 is 1. The number of benzene rings is 2. The number of halogens is 2. The molecule has 0 fully saturated rings. The first-order valence-electron chi connectivity index (χ1n) is 7.61. The Balaban J connectivity index is 2.06. The van der Waals surface area contributed by atoms with Crippen LogP contribution in [0, 0.1) is 0 Å². The van der Waals surface area contributed by atoms with Crippen LogP contribution in [0.15, 0.2) is 42.8 Å². The standard InChI is InChI=1S/C16H13BrClN3O6S/c1-7(22)19-10-5-8(3-4-12(10)26-2)21-28(24,25)15-9(17)6-11-14(13(15)18)27-16(23)20-11/h3-6,21H,1-2H3,(H,19,22)(H,20,23). The number of sulfonamides is 1. The lowest BCUT2D eigenvalue weighted by molar-refractivity contribution is -0.114. The molecule has 0 radical (unpaired) electrons. The van der Waals surface area contributed by atoms with Gasteiger partial charge in [-0.1, -0.05) is 11.6 Å². The number of H-pyrrole nitrogens is 1. The van der Waals surface area contributed by atoms with Gasteiger partial charge in [-0.15, -0.1) is 0 Å². The Labute approximate surface area is 172 Å². The third kappa shape index (κ3) is 3.86. The second-order valence-electron chi connectivity index (χ2n) is 5.59. The molecule has 3 aromatic rings. The van der Waals surface area contributed by atoms with Gasteiger partial charge in [0.2, 0.25) is 5.91 Å². The van der Waals surface area contributed by atoms with Crippen molar-refractivity contribution in [2.75, 3.05) is 17.1 Å². The fourth-order valence-corrected chi connectivity index (χ4v) is 5.43. The Morgan fingerprint density at radius 3 is 2.68 bits per heavy atom. The van der Waals surface area contributed by atoms with Crippen LogP contribution < -0.4 is 20.5 Å². The van der Waals surface area contributed by atoms with Crippen molar-refractivity contribution in [1.82, 2.24) is 4.98 Å². The maximum Gasteiger partial charge on any atom is 0.417 e. The summed E-state index contributed by atoms with van der Waals surface area (Å²) in [7, 11) is -2.76. The van der Waals surface area contributed by atoms with Crippen LogP contribution in [0.2, 0.25) is 5.02 Å². The molecule has 0 unspecified atom stereocenters. The Kier molecular flexibility index (Phi) is 5.41. The van der Waals surface area contributed by atoms with Crippen molar-refractivity contribution in [1.29, 1.82) is 0 Å². The zero-order chi connectivity index (χ0) is 20.6. The minimum atomic E-state index is -4.18. The Morgan fingerprint density at radius 1 is 1.32 bits per heavy atom. The number of nitrogens with one attached hydrogen (secondary N) is 3. The van der Waals surface area contributed by atoms with Gasteiger partial charge >= 0.3 is 5.76 Å². The lowest BCUT2D eigenvalue weighted by Crippen LogP contribution is -2.15. The fourth-order valence-electron chi connectivity index (χ4n) is 2.52. The molecule has 0 atom stereocenters. The molecule has 148 valence electrons. The first-order chi connectivity index (χ1) is 13.1. The van der Waals surface area contributed by atoms with Crippen LogP contribution in [0.4, 0.5) is 11.4 Å². The molecule has 9 nitrogen and oxygen atoms in total. The number of carbonyl (C=O) groups is 1. The van der Waals surface area contributed by atoms with Crippen LogP contribution in [-0.2, 0) is 14.8 Å². The normalized spacial score (nSPS) is 11.4. The summed E-state index contributed by atoms with van der Waals surface area (Å²) in [5, 5.41) is 2.29. The summed E-state index contributed by atoms with van der Waals surface area (Å²) in [6, 6.07) is 5.72. The van der Waals surface area contributed by atoms with E-state index in [0.29, 0.717) is 5.75 Å². The van der Waals surface area contributed by atoms with Crippen molar-refractivity contribution in [2.24, 2.45) is 0 Å². The molecule has 0 saturated carbocycles. The SMILES string of the molecule is COc1ccc(NS(=O)(=O)c2c(Br)cc3[nH]c(=O)oc3c2Cl)cc1NC(C)=O. The van der Waals surface area contributed by atoms with Gasteiger partial charge in [0.1, 0.15) is 15.7 Å². The van der Waals surface area contributed by atoms with Gasteiger partial charge in [-0.05, 0) is 40.2 Å². The highest BCUT2D eigenvalue weighted by Crippen LogP contribution is 2.37. The summed E-state index contributed by atoms with van der Waals surface area (Å²) in [4.78, 5) is 24.8. The zero-order valence-corrected chi connectivity index (χ0v) is 17.6. The molecule has 1 heterocycles. The zero-order valence-electron chi connectivity index (χ0n) is 14.4. The highest BCUT2D eigenvalue weighted by molar-refractivity contribution is 9.10. The smallest absolute Gasteiger partial charge is 0.417 e. The first-order valence-corrected chi connectivity index (χ1v) is 10.3. The maximum atomic E-state index is 12.9. The van der Waals surface area contributed by atoms with Gasteiger partial charge in [-0.25, -0.2) is 13.2 Å². The van der Waals surface area contributed by atoms with Crippen molar-refractivity contribution in [2.45, 2.75) is 11.8 Å². The highest BCUT2D eigenvalue weighted by atomic mass is 79.9. The lowest BCUT2D eigenvalue weighted by Gasteiger charge is -2.14. The summed E-state index contributed by atoms with van der Waals surface area (Å²) in [6.45, 7) is 1.31. The Morgan fingerprint density at radius 2 is 2.04 bits per heavy atom. The second-order valence-corrected chi connectivity index (χ2v) is 8.45. The lowest BCUT2D eigenvalue weighted by atomic mass is 10.2. The van der Waals surface area contributed by atoms with E-state index in [1.165, 1.54) is 38.3 Å². The number of carbonyl (C=O) groups excluding carboxylic acids is 1. The summed E-state index contributed by atoms with van der Waals surface area (Å²) in [5.74, 6) is -0.758. The number of hydrogen-bond acceptors (Lipinski definition) is 6. The topological polar surface area (TPSA) is 130 Å². The number of ether oxygens (including phenoxy) is 1. The second kappa shape index (κ2) is 7.49. The molecular weight excluding hydrogens is 478 g/mol. The summed E-state index contributed by atoms with van der Waals surface area (Å²) in [5.41, 5.74) is 0.609. The third-order valence-corrected chi connectivity index (χ3v) is 6.42. The first kappa shape index (κ1) is 20.2. The minimum absolute atomic E-state index is 0.0797. The van der Waals surface area contributed by atoms with Crippen LogP contribution in [0.5, 0.6) is 5.75 Å². The molecule has 0 bridgehead atoms. The number of aromatic nitrogens is 1. The van der Waals surface area contributed by atoms with Crippen LogP contribution >= 0.6 is 27.5 Å². The average Bonchev–Trinajstić information content (AvgIpc) is 2.94. The van der Waals surface area contributed by atoms with E-state index < -0.39 is 15.8 Å². The molecule has 1 aromatic heterocycles. The molecule has 0 aliphatic carbocycles. The van der Waals surface area contributed by atoms with Crippen molar-refractivity contribution in [3.63, 3.8) is 0 Å². The van der Waals surface area contributed by atoms with Gasteiger partial charge < -0.3 is 14.5 Å². The van der Waals surface area contributed by atoms with E-state index in [1.807, 2.05) is 0 Å². The summed E-state index contributed by atoms with van der Waals surface area (Å²) >= 11 is 9.33. The minimum Gasteiger partial charge on any atom is -0.495 e. The van der Waals surface area contributed by atoms with Gasteiger partial charge in [0, 0.05) is 11.4 Å². The van der Waals surface area contributed by atoms with Crippen LogP contribution in [0.1, 0.15) is 6.92 Å². The molecule has 0 saturated heterocycles. The monoisotopic (exact) mass is 489 g/mol. The molecule has 2 aromatic carbocycles. The highest BCUT2D eigenvalue weighted by Gasteiger charge is 2.26. The predicted octanol–water partition coefficient (Wildman–Crippen LogP) is 3.30. The van der Waals surface area contributed by atoms with Crippen LogP contribution in [-0.4, -0.2) is 26.4 Å². The molecule has 3 rings (SSSR count). The number of fused-ring (bicyclic) bond motifs is 1. The average molecular weight is 491 g/mol. The molecule has 0 aliphatic heterocycles. The number of aromatic amines is 1. The van der Waals surface area contributed by atoms with E-state index in [9.17, 15) is 18.0 Å². The number of oxazole rings is 1. The predicted molar refractivity (Wildman–Crippen MR) is 108 cm³/mol. The van der Waals surface area contributed by atoms with E-state index >= 15 is 0 Å². The Hall–Kier alpha value is -2.50. The van der Waals surface area contributed by atoms with Crippen molar-refractivity contribution >= 4 is 65.9 Å². The molecule has 12 heteroatoms. The quantitative estimate of drug-likeness (QED) is 0.503. The van der Waals surface area contributed by atoms with E-state index in [4.69, 9.17) is 20.8 Å². The van der Waals surface area contributed by atoms with Crippen LogP contribution in [0.3, 0.4) is 0 Å². The van der Waals surface area contributed by atoms with E-state index in [-0.39, 0.29) is 42.8 Å². The van der Waals surface area contributed by atoms with Crippen LogP contribution in [0.25, 0.3) is 11.1 Å². The van der Waals surface area contributed by atoms with Gasteiger partial charge in [0.15, 0.2) is 5.58 Å². The number of rotatable bonds is 5. The molecular formula is C16H13BrClN3O6S. The number of anilines is 2. The summed E-state index contributed by atoms with van der Waals surface area (Å²) in [6.07, 6.45) is 0. The third-order valence-electron chi connectivity index (χ3n) is 3.59. The van der Waals surface area contributed by atoms with Crippen molar-refractivity contribution in [3.05, 3.63) is 44.3 Å². The van der Waals surface area contributed by atoms with Crippen molar-refractivity contribution in [3.8, 4) is 5.75 Å². The fraction of sp³-hybridized carbons (Fsp3) is 0.125. The van der Waals surface area contributed by atoms with Gasteiger partial charge in [0.05, 0.1) is 24.0 Å². The molecule has 0 aliphatic rings. The molecule has 1 amide bonds. The number of hydrogen-bond donors (Lipinski definition) is 3. The van der Waals surface area contributed by atoms with E-state index in [0.717, 1.165) is 0 Å². The molecule has 28 heavy (non-hydrogen) atoms. The van der Waals surface area contributed by atoms with Crippen molar-refractivity contribution < 1.29 is 22.4 Å². The van der Waals surface area contributed by atoms with E-state index in [2.05, 4.69) is 31.0 Å². The van der Waals surface area contributed by atoms with E-state index in [1.54, 1.807) is 0 Å². The van der Waals surface area contributed by atoms with Gasteiger partial charge in [-0.3, -0.25) is 14.5 Å². The molecule has 3 N–H and O–H groups in total. The van der Waals surface area contributed by atoms with Gasteiger partial charge in [0.25, 0.3) is 10.0 Å². The van der Waals surface area contributed by atoms with Gasteiger partial charge in [-0.2, -0.15) is 0 Å². The largest absolute Gasteiger partial charge is 0.495 e. The number of amides is 1. The Bertz CT molecular complexity index is 1250. The molecule has 0 spiro atoms. The maximum absolute atomic E-state index is 12.9. The summed E-state index contributed by atoms with van der Waals surface area (Å²) < 4.78 is 38.4.